The van der Waals surface area contributed by atoms with Gasteiger partial charge in [-0.05, 0) is 30.7 Å². The van der Waals surface area contributed by atoms with Crippen LogP contribution in [-0.4, -0.2) is 21.6 Å². The number of benzene rings is 2. The molecule has 0 saturated heterocycles. The first-order valence-corrected chi connectivity index (χ1v) is 9.29. The Morgan fingerprint density at radius 2 is 2.04 bits per heavy atom. The first-order chi connectivity index (χ1) is 13.5. The molecular formula is C22H22FN3O2. The van der Waals surface area contributed by atoms with Crippen molar-refractivity contribution in [3.8, 4) is 5.75 Å². The van der Waals surface area contributed by atoms with Crippen LogP contribution in [-0.2, 0) is 7.05 Å². The lowest BCUT2D eigenvalue weighted by atomic mass is 9.96. The molecule has 1 aliphatic rings. The zero-order chi connectivity index (χ0) is 19.8. The van der Waals surface area contributed by atoms with Crippen LogP contribution in [0.1, 0.15) is 53.1 Å². The maximum Gasteiger partial charge on any atom is 0.255 e. The van der Waals surface area contributed by atoms with Gasteiger partial charge in [0.2, 0.25) is 0 Å². The second-order valence-corrected chi connectivity index (χ2v) is 7.19. The van der Waals surface area contributed by atoms with Crippen molar-refractivity contribution in [2.75, 3.05) is 0 Å². The Balaban J connectivity index is 1.71. The number of hydrogen-bond donors (Lipinski definition) is 1. The van der Waals surface area contributed by atoms with E-state index in [-0.39, 0.29) is 23.7 Å². The minimum absolute atomic E-state index is 0.0116. The quantitative estimate of drug-likeness (QED) is 0.746. The first kappa shape index (κ1) is 18.2. The van der Waals surface area contributed by atoms with Gasteiger partial charge in [0, 0.05) is 30.9 Å². The summed E-state index contributed by atoms with van der Waals surface area (Å²) in [5, 5.41) is 3.01. The third-order valence-electron chi connectivity index (χ3n) is 5.36. The Morgan fingerprint density at radius 1 is 1.25 bits per heavy atom. The van der Waals surface area contributed by atoms with Crippen molar-refractivity contribution in [3.05, 3.63) is 83.2 Å². The Hall–Kier alpha value is -3.15. The molecule has 0 bridgehead atoms. The molecule has 0 fully saturated rings. The zero-order valence-corrected chi connectivity index (χ0v) is 16.0. The molecular weight excluding hydrogens is 357 g/mol. The summed E-state index contributed by atoms with van der Waals surface area (Å²) in [5.74, 6) is 0.816. The van der Waals surface area contributed by atoms with E-state index in [1.165, 1.54) is 12.1 Å². The topological polar surface area (TPSA) is 56.1 Å². The summed E-state index contributed by atoms with van der Waals surface area (Å²) in [4.78, 5) is 17.5. The van der Waals surface area contributed by atoms with Crippen molar-refractivity contribution in [1.29, 1.82) is 0 Å². The summed E-state index contributed by atoms with van der Waals surface area (Å²) in [6, 6.07) is 11.2. The van der Waals surface area contributed by atoms with E-state index in [0.717, 1.165) is 5.56 Å². The van der Waals surface area contributed by atoms with E-state index in [9.17, 15) is 9.18 Å². The third-order valence-corrected chi connectivity index (χ3v) is 5.36. The number of carbonyl (C=O) groups excluding carboxylic acids is 1. The SMILES string of the molecule is CC1Oc2c(C(=O)NC(c3cccc(F)c3)c3nccn3C)cccc2C1C. The van der Waals surface area contributed by atoms with E-state index in [2.05, 4.69) is 17.2 Å². The van der Waals surface area contributed by atoms with E-state index in [4.69, 9.17) is 4.74 Å². The van der Waals surface area contributed by atoms with E-state index < -0.39 is 6.04 Å². The fourth-order valence-corrected chi connectivity index (χ4v) is 3.61. The number of aromatic nitrogens is 2. The van der Waals surface area contributed by atoms with Crippen molar-refractivity contribution in [3.63, 3.8) is 0 Å². The highest BCUT2D eigenvalue weighted by Gasteiger charge is 2.32. The molecule has 0 radical (unpaired) electrons. The summed E-state index contributed by atoms with van der Waals surface area (Å²) >= 11 is 0. The summed E-state index contributed by atoms with van der Waals surface area (Å²) in [5.41, 5.74) is 2.13. The zero-order valence-electron chi connectivity index (χ0n) is 16.0. The smallest absolute Gasteiger partial charge is 0.255 e. The molecule has 4 rings (SSSR count). The van der Waals surface area contributed by atoms with Gasteiger partial charge in [0.25, 0.3) is 5.91 Å². The fourth-order valence-electron chi connectivity index (χ4n) is 3.61. The lowest BCUT2D eigenvalue weighted by molar-refractivity contribution is 0.0936. The monoisotopic (exact) mass is 379 g/mol. The standard InChI is InChI=1S/C22H22FN3O2/c1-13-14(2)28-20-17(13)8-5-9-18(20)22(27)25-19(21-24-10-11-26(21)3)15-6-4-7-16(23)12-15/h4-14,19H,1-3H3,(H,25,27). The van der Waals surface area contributed by atoms with Crippen molar-refractivity contribution in [1.82, 2.24) is 14.9 Å². The van der Waals surface area contributed by atoms with Gasteiger partial charge in [-0.2, -0.15) is 0 Å². The van der Waals surface area contributed by atoms with Crippen LogP contribution in [0.2, 0.25) is 0 Å². The molecule has 6 heteroatoms. The highest BCUT2D eigenvalue weighted by atomic mass is 19.1. The van der Waals surface area contributed by atoms with Gasteiger partial charge < -0.3 is 14.6 Å². The van der Waals surface area contributed by atoms with E-state index in [1.54, 1.807) is 30.6 Å². The number of rotatable bonds is 4. The molecule has 1 N–H and O–H groups in total. The molecule has 0 spiro atoms. The number of halogens is 1. The van der Waals surface area contributed by atoms with Gasteiger partial charge in [0.15, 0.2) is 0 Å². The summed E-state index contributed by atoms with van der Waals surface area (Å²) in [7, 11) is 1.84. The fraction of sp³-hybridized carbons (Fsp3) is 0.273. The number of imidazole rings is 1. The molecule has 1 aromatic heterocycles. The van der Waals surface area contributed by atoms with Crippen LogP contribution in [0.5, 0.6) is 5.75 Å². The Morgan fingerprint density at radius 3 is 2.75 bits per heavy atom. The van der Waals surface area contributed by atoms with Gasteiger partial charge in [-0.15, -0.1) is 0 Å². The highest BCUT2D eigenvalue weighted by molar-refractivity contribution is 5.98. The number of ether oxygens (including phenoxy) is 1. The molecule has 3 aromatic rings. The van der Waals surface area contributed by atoms with Gasteiger partial charge in [-0.3, -0.25) is 4.79 Å². The number of nitrogens with one attached hydrogen (secondary N) is 1. The number of carbonyl (C=O) groups is 1. The Kier molecular flexibility index (Phi) is 4.63. The first-order valence-electron chi connectivity index (χ1n) is 9.29. The maximum absolute atomic E-state index is 13.8. The lowest BCUT2D eigenvalue weighted by Gasteiger charge is -2.20. The van der Waals surface area contributed by atoms with Crippen LogP contribution in [0.3, 0.4) is 0 Å². The molecule has 5 nitrogen and oxygen atoms in total. The van der Waals surface area contributed by atoms with E-state index in [1.807, 2.05) is 30.7 Å². The molecule has 0 saturated carbocycles. The second kappa shape index (κ2) is 7.11. The van der Waals surface area contributed by atoms with Crippen molar-refractivity contribution in [2.45, 2.75) is 31.9 Å². The van der Waals surface area contributed by atoms with Gasteiger partial charge in [0.1, 0.15) is 29.5 Å². The van der Waals surface area contributed by atoms with Crippen LogP contribution < -0.4 is 10.1 Å². The minimum Gasteiger partial charge on any atom is -0.489 e. The summed E-state index contributed by atoms with van der Waals surface area (Å²) < 4.78 is 21.6. The van der Waals surface area contributed by atoms with Crippen LogP contribution in [0, 0.1) is 5.82 Å². The lowest BCUT2D eigenvalue weighted by Crippen LogP contribution is -2.31. The predicted octanol–water partition coefficient (Wildman–Crippen LogP) is 3.96. The molecule has 2 heterocycles. The maximum atomic E-state index is 13.8. The summed E-state index contributed by atoms with van der Waals surface area (Å²) in [6.07, 6.45) is 3.46. The molecule has 1 amide bonds. The van der Waals surface area contributed by atoms with Crippen molar-refractivity contribution < 1.29 is 13.9 Å². The van der Waals surface area contributed by atoms with Gasteiger partial charge in [-0.1, -0.05) is 31.2 Å². The van der Waals surface area contributed by atoms with Gasteiger partial charge >= 0.3 is 0 Å². The highest BCUT2D eigenvalue weighted by Crippen LogP contribution is 2.40. The Labute approximate surface area is 163 Å². The van der Waals surface area contributed by atoms with Crippen LogP contribution in [0.25, 0.3) is 0 Å². The van der Waals surface area contributed by atoms with Crippen molar-refractivity contribution in [2.24, 2.45) is 7.05 Å². The van der Waals surface area contributed by atoms with Crippen LogP contribution in [0.15, 0.2) is 54.9 Å². The number of para-hydroxylation sites is 1. The van der Waals surface area contributed by atoms with Gasteiger partial charge in [0.05, 0.1) is 5.56 Å². The number of fused-ring (bicyclic) bond motifs is 1. The number of nitrogens with zero attached hydrogens (tertiary/aromatic N) is 2. The molecule has 3 atom stereocenters. The third kappa shape index (κ3) is 3.15. The van der Waals surface area contributed by atoms with E-state index >= 15 is 0 Å². The molecule has 1 aliphatic heterocycles. The normalized spacial score (nSPS) is 19.0. The van der Waals surface area contributed by atoms with Crippen LogP contribution in [0.4, 0.5) is 4.39 Å². The second-order valence-electron chi connectivity index (χ2n) is 7.19. The van der Waals surface area contributed by atoms with E-state index in [0.29, 0.717) is 22.7 Å². The minimum atomic E-state index is -0.588. The predicted molar refractivity (Wildman–Crippen MR) is 104 cm³/mol. The average Bonchev–Trinajstić information content (AvgIpc) is 3.23. The Bertz CT molecular complexity index is 1030. The van der Waals surface area contributed by atoms with Gasteiger partial charge in [-0.25, -0.2) is 9.37 Å². The molecule has 3 unspecified atom stereocenters. The summed E-state index contributed by atoms with van der Waals surface area (Å²) in [6.45, 7) is 4.08. The largest absolute Gasteiger partial charge is 0.489 e. The molecule has 0 aliphatic carbocycles. The molecule has 2 aromatic carbocycles. The number of aryl methyl sites for hydroxylation is 1. The number of hydrogen-bond acceptors (Lipinski definition) is 3. The molecule has 28 heavy (non-hydrogen) atoms. The number of amides is 1. The molecule has 144 valence electrons. The van der Waals surface area contributed by atoms with Crippen LogP contribution >= 0.6 is 0 Å². The average molecular weight is 379 g/mol. The van der Waals surface area contributed by atoms with Crippen molar-refractivity contribution >= 4 is 5.91 Å².